The Morgan fingerprint density at radius 3 is 2.57 bits per heavy atom. The first kappa shape index (κ1) is 14.4. The monoisotopic (exact) mass is 286 g/mol. The van der Waals surface area contributed by atoms with Gasteiger partial charge in [-0.3, -0.25) is 19.9 Å². The van der Waals surface area contributed by atoms with Crippen LogP contribution in [0.5, 0.6) is 0 Å². The van der Waals surface area contributed by atoms with Crippen molar-refractivity contribution in [2.45, 2.75) is 0 Å². The molecule has 0 aliphatic rings. The summed E-state index contributed by atoms with van der Waals surface area (Å²) in [6, 6.07) is 9.49. The Morgan fingerprint density at radius 1 is 1.19 bits per heavy atom. The topological polar surface area (TPSA) is 97.2 Å². The first-order valence-corrected chi connectivity index (χ1v) is 6.33. The van der Waals surface area contributed by atoms with Crippen LogP contribution in [0, 0.1) is 10.1 Å². The summed E-state index contributed by atoms with van der Waals surface area (Å²) in [4.78, 5) is 25.7. The Labute approximate surface area is 121 Å². The number of nitro groups is 1. The molecule has 2 N–H and O–H groups in total. The van der Waals surface area contributed by atoms with Gasteiger partial charge in [0.15, 0.2) is 0 Å². The molecule has 0 aliphatic heterocycles. The first-order chi connectivity index (χ1) is 10.2. The van der Waals surface area contributed by atoms with Crippen LogP contribution in [0.15, 0.2) is 48.8 Å². The summed E-state index contributed by atoms with van der Waals surface area (Å²) in [5.74, 6) is -0.186. The first-order valence-electron chi connectivity index (χ1n) is 6.33. The molecule has 2 rings (SSSR count). The van der Waals surface area contributed by atoms with Gasteiger partial charge < -0.3 is 10.6 Å². The number of nitrogens with one attached hydrogen (secondary N) is 2. The maximum Gasteiger partial charge on any atom is 0.269 e. The lowest BCUT2D eigenvalue weighted by atomic mass is 10.2. The zero-order chi connectivity index (χ0) is 15.1. The molecular weight excluding hydrogens is 272 g/mol. The molecule has 1 heterocycles. The Kier molecular flexibility index (Phi) is 4.81. The molecule has 0 bridgehead atoms. The minimum Gasteiger partial charge on any atom is -0.383 e. The second-order valence-corrected chi connectivity index (χ2v) is 4.23. The predicted molar refractivity (Wildman–Crippen MR) is 78.2 cm³/mol. The molecule has 21 heavy (non-hydrogen) atoms. The molecule has 7 heteroatoms. The molecule has 0 radical (unpaired) electrons. The van der Waals surface area contributed by atoms with E-state index in [9.17, 15) is 14.9 Å². The summed E-state index contributed by atoms with van der Waals surface area (Å²) in [5, 5.41) is 16.3. The fourth-order valence-corrected chi connectivity index (χ4v) is 1.68. The zero-order valence-electron chi connectivity index (χ0n) is 11.2. The average Bonchev–Trinajstić information content (AvgIpc) is 2.52. The molecule has 0 aliphatic carbocycles. The van der Waals surface area contributed by atoms with Crippen LogP contribution in [0.2, 0.25) is 0 Å². The lowest BCUT2D eigenvalue weighted by Crippen LogP contribution is -2.28. The molecule has 1 amide bonds. The van der Waals surface area contributed by atoms with Gasteiger partial charge in [0.25, 0.3) is 11.6 Å². The van der Waals surface area contributed by atoms with Crippen molar-refractivity contribution in [1.82, 2.24) is 10.3 Å². The van der Waals surface area contributed by atoms with Gasteiger partial charge in [-0.1, -0.05) is 0 Å². The van der Waals surface area contributed by atoms with Gasteiger partial charge in [-0.2, -0.15) is 0 Å². The van der Waals surface area contributed by atoms with Gasteiger partial charge in [-0.05, 0) is 24.3 Å². The van der Waals surface area contributed by atoms with Gasteiger partial charge in [0, 0.05) is 43.3 Å². The number of non-ortho nitro benzene ring substituents is 1. The maximum atomic E-state index is 11.7. The van der Waals surface area contributed by atoms with Crippen LogP contribution >= 0.6 is 0 Å². The number of hydrogen-bond acceptors (Lipinski definition) is 5. The summed E-state index contributed by atoms with van der Waals surface area (Å²) in [5.41, 5.74) is 1.31. The van der Waals surface area contributed by atoms with Crippen molar-refractivity contribution in [1.29, 1.82) is 0 Å². The normalized spacial score (nSPS) is 9.90. The smallest absolute Gasteiger partial charge is 0.269 e. The summed E-state index contributed by atoms with van der Waals surface area (Å²) in [7, 11) is 0. The maximum absolute atomic E-state index is 11.7. The van der Waals surface area contributed by atoms with Crippen molar-refractivity contribution in [2.75, 3.05) is 18.4 Å². The summed E-state index contributed by atoms with van der Waals surface area (Å²) in [6.07, 6.45) is 3.10. The number of pyridine rings is 1. The van der Waals surface area contributed by atoms with Gasteiger partial charge >= 0.3 is 0 Å². The Bertz CT molecular complexity index is 614. The highest BCUT2D eigenvalue weighted by Gasteiger charge is 2.05. The van der Waals surface area contributed by atoms with Crippen molar-refractivity contribution >= 4 is 17.3 Å². The number of carbonyl (C=O) groups is 1. The van der Waals surface area contributed by atoms with Crippen LogP contribution in [0.25, 0.3) is 0 Å². The van der Waals surface area contributed by atoms with E-state index < -0.39 is 4.92 Å². The number of aromatic nitrogens is 1. The molecule has 2 aromatic rings. The van der Waals surface area contributed by atoms with E-state index in [0.717, 1.165) is 5.69 Å². The third-order valence-corrected chi connectivity index (χ3v) is 2.74. The van der Waals surface area contributed by atoms with Crippen LogP contribution in [0.4, 0.5) is 11.4 Å². The van der Waals surface area contributed by atoms with Gasteiger partial charge in [0.2, 0.25) is 0 Å². The molecular formula is C14H14N4O3. The van der Waals surface area contributed by atoms with Crippen molar-refractivity contribution in [2.24, 2.45) is 0 Å². The fourth-order valence-electron chi connectivity index (χ4n) is 1.68. The van der Waals surface area contributed by atoms with E-state index >= 15 is 0 Å². The van der Waals surface area contributed by atoms with Gasteiger partial charge in [-0.25, -0.2) is 0 Å². The number of rotatable bonds is 6. The number of nitro benzene ring substituents is 1. The molecule has 1 aromatic heterocycles. The van der Waals surface area contributed by atoms with E-state index in [1.807, 2.05) is 0 Å². The SMILES string of the molecule is O=C(NCCNc1ccc([N+](=O)[O-])cc1)c1cccnc1. The zero-order valence-corrected chi connectivity index (χ0v) is 11.2. The summed E-state index contributed by atoms with van der Waals surface area (Å²) >= 11 is 0. The molecule has 1 aromatic carbocycles. The number of amides is 1. The van der Waals surface area contributed by atoms with Crippen LogP contribution in [0.3, 0.4) is 0 Å². The van der Waals surface area contributed by atoms with E-state index in [2.05, 4.69) is 15.6 Å². The highest BCUT2D eigenvalue weighted by molar-refractivity contribution is 5.93. The van der Waals surface area contributed by atoms with Crippen LogP contribution in [0.1, 0.15) is 10.4 Å². The lowest BCUT2D eigenvalue weighted by molar-refractivity contribution is -0.384. The van der Waals surface area contributed by atoms with Crippen molar-refractivity contribution in [3.8, 4) is 0 Å². The number of hydrogen-bond donors (Lipinski definition) is 2. The Morgan fingerprint density at radius 2 is 1.95 bits per heavy atom. The average molecular weight is 286 g/mol. The quantitative estimate of drug-likeness (QED) is 0.479. The predicted octanol–water partition coefficient (Wildman–Crippen LogP) is 1.83. The molecule has 0 saturated carbocycles. The molecule has 108 valence electrons. The standard InChI is InChI=1S/C14H14N4O3/c19-14(11-2-1-7-15-10-11)17-9-8-16-12-3-5-13(6-4-12)18(20)21/h1-7,10,16H,8-9H2,(H,17,19). The van der Waals surface area contributed by atoms with E-state index in [-0.39, 0.29) is 11.6 Å². The third-order valence-electron chi connectivity index (χ3n) is 2.74. The second-order valence-electron chi connectivity index (χ2n) is 4.23. The van der Waals surface area contributed by atoms with E-state index in [1.54, 1.807) is 30.5 Å². The summed E-state index contributed by atoms with van der Waals surface area (Å²) < 4.78 is 0. The van der Waals surface area contributed by atoms with Gasteiger partial charge in [0.05, 0.1) is 10.5 Å². The largest absolute Gasteiger partial charge is 0.383 e. The molecule has 0 fully saturated rings. The minimum atomic E-state index is -0.447. The Hall–Kier alpha value is -2.96. The molecule has 0 atom stereocenters. The van der Waals surface area contributed by atoms with E-state index in [0.29, 0.717) is 18.7 Å². The highest BCUT2D eigenvalue weighted by Crippen LogP contribution is 2.14. The fraction of sp³-hybridized carbons (Fsp3) is 0.143. The van der Waals surface area contributed by atoms with Crippen LogP contribution in [-0.4, -0.2) is 28.9 Å². The number of carbonyl (C=O) groups excluding carboxylic acids is 1. The molecule has 7 nitrogen and oxygen atoms in total. The van der Waals surface area contributed by atoms with Crippen molar-refractivity contribution < 1.29 is 9.72 Å². The van der Waals surface area contributed by atoms with Gasteiger partial charge in [0.1, 0.15) is 0 Å². The molecule has 0 unspecified atom stereocenters. The van der Waals surface area contributed by atoms with Gasteiger partial charge in [-0.15, -0.1) is 0 Å². The van der Waals surface area contributed by atoms with Crippen molar-refractivity contribution in [3.63, 3.8) is 0 Å². The highest BCUT2D eigenvalue weighted by atomic mass is 16.6. The van der Waals surface area contributed by atoms with Crippen LogP contribution < -0.4 is 10.6 Å². The molecule has 0 spiro atoms. The minimum absolute atomic E-state index is 0.0467. The van der Waals surface area contributed by atoms with Crippen molar-refractivity contribution in [3.05, 3.63) is 64.5 Å². The number of benzene rings is 1. The number of anilines is 1. The molecule has 0 saturated heterocycles. The van der Waals surface area contributed by atoms with E-state index in [1.165, 1.54) is 18.3 Å². The van der Waals surface area contributed by atoms with Crippen LogP contribution in [-0.2, 0) is 0 Å². The summed E-state index contributed by atoms with van der Waals surface area (Å²) in [6.45, 7) is 0.953. The lowest BCUT2D eigenvalue weighted by Gasteiger charge is -2.07. The second kappa shape index (κ2) is 6.99. The Balaban J connectivity index is 1.75. The third kappa shape index (κ3) is 4.27. The van der Waals surface area contributed by atoms with E-state index in [4.69, 9.17) is 0 Å². The number of nitrogens with zero attached hydrogens (tertiary/aromatic N) is 2.